The Morgan fingerprint density at radius 2 is 1.74 bits per heavy atom. The van der Waals surface area contributed by atoms with Crippen LogP contribution in [0, 0.1) is 0 Å². The van der Waals surface area contributed by atoms with Gasteiger partial charge in [-0.1, -0.05) is 30.3 Å². The molecule has 0 atom stereocenters. The first-order chi connectivity index (χ1) is 13.2. The van der Waals surface area contributed by atoms with Crippen LogP contribution in [0.1, 0.15) is 18.4 Å². The average molecular weight is 365 g/mol. The van der Waals surface area contributed by atoms with Gasteiger partial charge in [0.15, 0.2) is 0 Å². The van der Waals surface area contributed by atoms with Gasteiger partial charge in [0.1, 0.15) is 11.3 Å². The molecule has 2 saturated heterocycles. The molecule has 0 bridgehead atoms. The Balaban J connectivity index is 1.42. The van der Waals surface area contributed by atoms with Gasteiger partial charge in [-0.3, -0.25) is 4.79 Å². The van der Waals surface area contributed by atoms with Crippen molar-refractivity contribution in [1.82, 2.24) is 10.2 Å². The average Bonchev–Trinajstić information content (AvgIpc) is 3.04. The van der Waals surface area contributed by atoms with E-state index in [4.69, 9.17) is 4.74 Å². The van der Waals surface area contributed by atoms with E-state index in [0.29, 0.717) is 6.67 Å². The number of likely N-dealkylation sites (tertiary alicyclic amines) is 1. The van der Waals surface area contributed by atoms with Crippen molar-refractivity contribution in [1.29, 1.82) is 0 Å². The van der Waals surface area contributed by atoms with E-state index in [1.165, 1.54) is 5.56 Å². The van der Waals surface area contributed by atoms with Crippen LogP contribution in [0.2, 0.25) is 0 Å². The van der Waals surface area contributed by atoms with Gasteiger partial charge in [0.05, 0.1) is 13.8 Å². The quantitative estimate of drug-likeness (QED) is 0.885. The van der Waals surface area contributed by atoms with Crippen LogP contribution in [0.4, 0.5) is 5.69 Å². The maximum atomic E-state index is 12.7. The van der Waals surface area contributed by atoms with Crippen LogP contribution in [0.3, 0.4) is 0 Å². The zero-order valence-electron chi connectivity index (χ0n) is 15.9. The second-order valence-corrected chi connectivity index (χ2v) is 7.40. The van der Waals surface area contributed by atoms with Crippen molar-refractivity contribution in [2.24, 2.45) is 0 Å². The number of anilines is 1. The minimum Gasteiger partial charge on any atom is -0.497 e. The molecule has 0 aromatic heterocycles. The number of methoxy groups -OCH3 is 1. The van der Waals surface area contributed by atoms with Gasteiger partial charge < -0.3 is 19.9 Å². The zero-order valence-corrected chi connectivity index (χ0v) is 15.9. The number of benzene rings is 2. The summed E-state index contributed by atoms with van der Waals surface area (Å²) in [5.41, 5.74) is 2.03. The molecule has 27 heavy (non-hydrogen) atoms. The van der Waals surface area contributed by atoms with Gasteiger partial charge in [-0.05, 0) is 49.1 Å². The van der Waals surface area contributed by atoms with Crippen molar-refractivity contribution >= 4 is 11.6 Å². The molecule has 0 saturated carbocycles. The Morgan fingerprint density at radius 3 is 2.41 bits per heavy atom. The summed E-state index contributed by atoms with van der Waals surface area (Å²) in [7, 11) is 1.67. The monoisotopic (exact) mass is 365 g/mol. The van der Waals surface area contributed by atoms with E-state index in [2.05, 4.69) is 45.4 Å². The molecule has 2 fully saturated rings. The molecule has 1 spiro atoms. The van der Waals surface area contributed by atoms with E-state index < -0.39 is 5.54 Å². The maximum absolute atomic E-state index is 12.7. The highest BCUT2D eigenvalue weighted by molar-refractivity contribution is 5.93. The second-order valence-electron chi connectivity index (χ2n) is 7.40. The Kier molecular flexibility index (Phi) is 5.03. The van der Waals surface area contributed by atoms with Crippen molar-refractivity contribution < 1.29 is 9.53 Å². The highest BCUT2D eigenvalue weighted by Gasteiger charge is 2.50. The molecular weight excluding hydrogens is 338 g/mol. The van der Waals surface area contributed by atoms with E-state index >= 15 is 0 Å². The Labute approximate surface area is 160 Å². The largest absolute Gasteiger partial charge is 0.497 e. The van der Waals surface area contributed by atoms with Crippen molar-refractivity contribution in [3.8, 4) is 5.75 Å². The topological polar surface area (TPSA) is 44.8 Å². The molecule has 0 radical (unpaired) electrons. The molecule has 2 aromatic carbocycles. The lowest BCUT2D eigenvalue weighted by Crippen LogP contribution is -2.56. The minimum absolute atomic E-state index is 0.168. The number of amides is 1. The van der Waals surface area contributed by atoms with Gasteiger partial charge in [0.2, 0.25) is 5.91 Å². The maximum Gasteiger partial charge on any atom is 0.247 e. The number of hydrogen-bond acceptors (Lipinski definition) is 4. The number of nitrogens with one attached hydrogen (secondary N) is 1. The lowest BCUT2D eigenvalue weighted by atomic mass is 9.85. The summed E-state index contributed by atoms with van der Waals surface area (Å²) in [6.45, 7) is 3.53. The number of carbonyl (C=O) groups is 1. The summed E-state index contributed by atoms with van der Waals surface area (Å²) in [5.74, 6) is 1.00. The number of rotatable bonds is 5. The van der Waals surface area contributed by atoms with Gasteiger partial charge in [0, 0.05) is 25.3 Å². The van der Waals surface area contributed by atoms with Gasteiger partial charge in [-0.25, -0.2) is 0 Å². The number of ether oxygens (including phenoxy) is 1. The molecular formula is C22H27N3O2. The predicted octanol–water partition coefficient (Wildman–Crippen LogP) is 2.67. The predicted molar refractivity (Wildman–Crippen MR) is 107 cm³/mol. The molecule has 2 heterocycles. The SMILES string of the molecule is COc1ccc(N2CNC(=O)C23CCN(CCc2ccccc2)CC3)cc1. The van der Waals surface area contributed by atoms with E-state index in [9.17, 15) is 4.79 Å². The standard InChI is InChI=1S/C22H27N3O2/c1-27-20-9-7-19(8-10-20)25-17-23-21(26)22(25)12-15-24(16-13-22)14-11-18-5-3-2-4-6-18/h2-10H,11-17H2,1H3,(H,23,26). The molecule has 2 aliphatic heterocycles. The molecule has 0 aliphatic carbocycles. The first kappa shape index (κ1) is 17.9. The fraction of sp³-hybridized carbons (Fsp3) is 0.409. The van der Waals surface area contributed by atoms with Crippen LogP contribution in [0.25, 0.3) is 0 Å². The minimum atomic E-state index is -0.419. The fourth-order valence-corrected chi connectivity index (χ4v) is 4.27. The third kappa shape index (κ3) is 3.52. The van der Waals surface area contributed by atoms with Crippen LogP contribution in [-0.4, -0.2) is 49.8 Å². The van der Waals surface area contributed by atoms with Gasteiger partial charge >= 0.3 is 0 Å². The second kappa shape index (κ2) is 7.61. The lowest BCUT2D eigenvalue weighted by Gasteiger charge is -2.43. The van der Waals surface area contributed by atoms with E-state index in [-0.39, 0.29) is 5.91 Å². The molecule has 0 unspecified atom stereocenters. The van der Waals surface area contributed by atoms with Crippen molar-refractivity contribution in [3.63, 3.8) is 0 Å². The molecule has 2 aliphatic rings. The Hall–Kier alpha value is -2.53. The molecule has 4 rings (SSSR count). The molecule has 1 N–H and O–H groups in total. The Bertz CT molecular complexity index is 768. The number of nitrogens with zero attached hydrogens (tertiary/aromatic N) is 2. The van der Waals surface area contributed by atoms with Gasteiger partial charge in [-0.15, -0.1) is 0 Å². The smallest absolute Gasteiger partial charge is 0.247 e. The third-order valence-electron chi connectivity index (χ3n) is 5.96. The molecule has 1 amide bonds. The van der Waals surface area contributed by atoms with Crippen LogP contribution in [0.5, 0.6) is 5.75 Å². The van der Waals surface area contributed by atoms with Crippen molar-refractivity contribution in [2.75, 3.05) is 38.3 Å². The number of hydrogen-bond donors (Lipinski definition) is 1. The van der Waals surface area contributed by atoms with Crippen molar-refractivity contribution in [2.45, 2.75) is 24.8 Å². The zero-order chi connectivity index (χ0) is 18.7. The Morgan fingerprint density at radius 1 is 1.04 bits per heavy atom. The summed E-state index contributed by atoms with van der Waals surface area (Å²) < 4.78 is 5.26. The lowest BCUT2D eigenvalue weighted by molar-refractivity contribution is -0.125. The van der Waals surface area contributed by atoms with Crippen LogP contribution in [-0.2, 0) is 11.2 Å². The van der Waals surface area contributed by atoms with E-state index in [1.54, 1.807) is 7.11 Å². The summed E-state index contributed by atoms with van der Waals surface area (Å²) >= 11 is 0. The number of carbonyl (C=O) groups excluding carboxylic acids is 1. The molecule has 5 nitrogen and oxygen atoms in total. The van der Waals surface area contributed by atoms with Crippen LogP contribution >= 0.6 is 0 Å². The van der Waals surface area contributed by atoms with Gasteiger partial charge in [-0.2, -0.15) is 0 Å². The first-order valence-corrected chi connectivity index (χ1v) is 9.67. The van der Waals surface area contributed by atoms with E-state index in [0.717, 1.165) is 50.3 Å². The van der Waals surface area contributed by atoms with E-state index in [1.807, 2.05) is 24.3 Å². The fourth-order valence-electron chi connectivity index (χ4n) is 4.27. The highest BCUT2D eigenvalue weighted by atomic mass is 16.5. The van der Waals surface area contributed by atoms with Gasteiger partial charge in [0.25, 0.3) is 0 Å². The molecule has 5 heteroatoms. The number of piperidine rings is 1. The van der Waals surface area contributed by atoms with Crippen LogP contribution in [0.15, 0.2) is 54.6 Å². The third-order valence-corrected chi connectivity index (χ3v) is 5.96. The van der Waals surface area contributed by atoms with Crippen molar-refractivity contribution in [3.05, 3.63) is 60.2 Å². The summed E-state index contributed by atoms with van der Waals surface area (Å²) in [4.78, 5) is 17.5. The summed E-state index contributed by atoms with van der Waals surface area (Å²) in [6, 6.07) is 18.6. The first-order valence-electron chi connectivity index (χ1n) is 9.67. The van der Waals surface area contributed by atoms with Crippen LogP contribution < -0.4 is 15.0 Å². The summed E-state index contributed by atoms with van der Waals surface area (Å²) in [6.07, 6.45) is 2.78. The molecule has 142 valence electrons. The highest BCUT2D eigenvalue weighted by Crippen LogP contribution is 2.36. The normalized spacial score (nSPS) is 19.3. The molecule has 2 aromatic rings. The summed E-state index contributed by atoms with van der Waals surface area (Å²) in [5, 5.41) is 3.07.